The van der Waals surface area contributed by atoms with Crippen molar-refractivity contribution in [3.05, 3.63) is 85.2 Å². The number of hydrogen-bond acceptors (Lipinski definition) is 37. The van der Waals surface area contributed by atoms with E-state index in [-0.39, 0.29) is 85.7 Å². The maximum atomic E-state index is 17.1. The van der Waals surface area contributed by atoms with Crippen molar-refractivity contribution in [3.63, 3.8) is 0 Å². The van der Waals surface area contributed by atoms with E-state index in [1.165, 1.54) is 35.6 Å². The minimum Gasteiger partial charge on any atom is -0.383 e. The van der Waals surface area contributed by atoms with Gasteiger partial charge in [-0.05, 0) is 19.9 Å². The van der Waals surface area contributed by atoms with Gasteiger partial charge in [0, 0.05) is 30.8 Å². The molecule has 111 heavy (non-hydrogen) atoms. The lowest BCUT2D eigenvalue weighted by molar-refractivity contribution is -0.0628. The standard InChI is InChI=1S/C57H86F2N15O32P5/c1-30(2)93-20-18-91-16-14-89-12-10-88-11-13-90-15-17-92-19-21-94-107(79)103-45-32(5)52(74-29-66-44-50(74)69-55(62)70-51(44)76)100-35(45)25-98-111(86,87)106-47-37(102-53(42(47)59)71-8-6-38(60)67-56(71)77)26-97-109(82,83)104-33-22-40(73-28-65-43-48(61)63-27-64-49(43)73)99-34(33)23-96-110(84,85)105-46-36(24-95-108(80,81)31(3)4)101-54(41(46)58)72-9-7-39(75)68-57(72)78/h6-9,27-37,40-42,45-47,52-54,107H,10-26H2,1-5H3,(H,80,81)(H,82,83)(H,84,85)(H,86,87)(H2,60,67,77)(H2,61,63,64)(H,68,75,78)(H3,62,69,70,76). The Bertz CT molecular complexity index is 4570. The van der Waals surface area contributed by atoms with Gasteiger partial charge in [-0.25, -0.2) is 52.0 Å². The van der Waals surface area contributed by atoms with Crippen LogP contribution in [0.4, 0.5) is 26.4 Å². The van der Waals surface area contributed by atoms with E-state index in [4.69, 9.17) is 105 Å². The molecule has 4 aliphatic rings. The Balaban J connectivity index is 0.792. The number of aromatic amines is 2. The lowest BCUT2D eigenvalue weighted by Crippen LogP contribution is -2.37. The first kappa shape index (κ1) is 87.3. The second-order valence-electron chi connectivity index (χ2n) is 25.4. The number of nitrogen functional groups attached to an aromatic ring is 3. The van der Waals surface area contributed by atoms with Crippen LogP contribution in [0.1, 0.15) is 66.0 Å². The van der Waals surface area contributed by atoms with E-state index in [1.54, 1.807) is 6.92 Å². The predicted molar refractivity (Wildman–Crippen MR) is 374 cm³/mol. The molecule has 0 amide bonds. The average molecular weight is 1690 g/mol. The molecule has 10 rings (SSSR count). The number of imidazole rings is 2. The molecule has 6 aromatic rings. The van der Waals surface area contributed by atoms with E-state index in [0.717, 1.165) is 30.9 Å². The highest BCUT2D eigenvalue weighted by molar-refractivity contribution is 7.53. The molecule has 6 aromatic heterocycles. The van der Waals surface area contributed by atoms with Crippen molar-refractivity contribution in [1.29, 1.82) is 0 Å². The molecule has 10 heterocycles. The molecule has 47 nitrogen and oxygen atoms in total. The number of phosphoric acid groups is 3. The van der Waals surface area contributed by atoms with E-state index >= 15 is 8.78 Å². The first-order valence-electron chi connectivity index (χ1n) is 34.2. The van der Waals surface area contributed by atoms with Crippen LogP contribution in [-0.2, 0) is 111 Å². The van der Waals surface area contributed by atoms with E-state index in [9.17, 15) is 61.6 Å². The van der Waals surface area contributed by atoms with Crippen LogP contribution in [0.15, 0.2) is 62.7 Å². The zero-order valence-corrected chi connectivity index (χ0v) is 64.4. The summed E-state index contributed by atoms with van der Waals surface area (Å²) in [5, 5.41) is 0. The Kier molecular flexibility index (Phi) is 30.7. The Hall–Kier alpha value is -6.05. The molecule has 0 aromatic carbocycles. The van der Waals surface area contributed by atoms with Crippen LogP contribution in [0, 0.1) is 5.92 Å². The van der Waals surface area contributed by atoms with Crippen LogP contribution in [0.5, 0.6) is 0 Å². The highest BCUT2D eigenvalue weighted by atomic mass is 31.2. The van der Waals surface area contributed by atoms with E-state index in [2.05, 4.69) is 34.9 Å². The molecule has 20 atom stereocenters. The summed E-state index contributed by atoms with van der Waals surface area (Å²) < 4.78 is 212. The number of phosphoric ester groups is 3. The summed E-state index contributed by atoms with van der Waals surface area (Å²) in [6.45, 7) is 6.59. The van der Waals surface area contributed by atoms with Gasteiger partial charge in [-0.3, -0.25) is 74.1 Å². The molecular weight excluding hydrogens is 1600 g/mol. The van der Waals surface area contributed by atoms with E-state index in [1.807, 2.05) is 18.8 Å². The molecule has 0 saturated carbocycles. The Morgan fingerprint density at radius 3 is 1.68 bits per heavy atom. The van der Waals surface area contributed by atoms with E-state index < -0.39 is 192 Å². The Morgan fingerprint density at radius 2 is 1.10 bits per heavy atom. The van der Waals surface area contributed by atoms with Gasteiger partial charge in [0.25, 0.3) is 11.1 Å². The molecule has 0 bridgehead atoms. The van der Waals surface area contributed by atoms with E-state index in [0.29, 0.717) is 48.8 Å². The number of nitrogens with one attached hydrogen (secondary N) is 2. The highest BCUT2D eigenvalue weighted by Gasteiger charge is 2.55. The van der Waals surface area contributed by atoms with Crippen LogP contribution in [-0.4, -0.2) is 256 Å². The van der Waals surface area contributed by atoms with Crippen LogP contribution in [0.25, 0.3) is 22.3 Å². The Labute approximate surface area is 627 Å². The summed E-state index contributed by atoms with van der Waals surface area (Å²) >= 11 is 0. The summed E-state index contributed by atoms with van der Waals surface area (Å²) in [6, 6.07) is 1.89. The maximum Gasteiger partial charge on any atom is 0.472 e. The fourth-order valence-corrected chi connectivity index (χ4v) is 16.0. The molecule has 0 spiro atoms. The van der Waals surface area contributed by atoms with Gasteiger partial charge < -0.3 is 97.7 Å². The van der Waals surface area contributed by atoms with Gasteiger partial charge in [0.2, 0.25) is 5.95 Å². The lowest BCUT2D eigenvalue weighted by atomic mass is 10.0. The van der Waals surface area contributed by atoms with Gasteiger partial charge in [-0.2, -0.15) is 9.97 Å². The van der Waals surface area contributed by atoms with Crippen molar-refractivity contribution < 1.29 is 139 Å². The highest BCUT2D eigenvalue weighted by Crippen LogP contribution is 2.56. The molecule has 4 fully saturated rings. The summed E-state index contributed by atoms with van der Waals surface area (Å²) in [5.41, 5.74) is 12.4. The topological polar surface area (TPSA) is 617 Å². The second kappa shape index (κ2) is 39.1. The molecule has 4 aliphatic heterocycles. The van der Waals surface area contributed by atoms with Gasteiger partial charge in [0.1, 0.15) is 78.9 Å². The number of fused-ring (bicyclic) bond motifs is 2. The number of anilines is 3. The number of H-pyrrole nitrogens is 2. The number of nitrogens with zero attached hydrogens (tertiary/aromatic N) is 10. The molecule has 54 heteroatoms. The zero-order valence-electron chi connectivity index (χ0n) is 59.8. The summed E-state index contributed by atoms with van der Waals surface area (Å²) in [7, 11) is -25.0. The number of hydrogen-bond donors (Lipinski definition) is 9. The largest absolute Gasteiger partial charge is 0.472 e. The molecule has 4 saturated heterocycles. The number of rotatable bonds is 45. The van der Waals surface area contributed by atoms with Crippen molar-refractivity contribution in [1.82, 2.24) is 58.1 Å². The van der Waals surface area contributed by atoms with Gasteiger partial charge in [0.05, 0.1) is 130 Å². The SMILES string of the molecule is CC(C)OCCOCCOCCOCCOCCOCCO[PH](=O)OC1C(COP(=O)(O)OC2C(COP(=O)(O)OC3CC(n4cnc5c(N)ncnc54)OC3COP(=O)(O)OC3C(COP(=O)(O)C(C)C)OC(n4ccc(=O)[nH]c4=O)C3F)OC(n3ccc(N)nc3=O)C2F)OC(n2cnc3c(=O)[nH]c(N)nc32)C1C. The van der Waals surface area contributed by atoms with Gasteiger partial charge in [-0.1, -0.05) is 20.8 Å². The normalized spacial score (nSPS) is 27.5. The quantitative estimate of drug-likeness (QED) is 0.0192. The van der Waals surface area contributed by atoms with Crippen LogP contribution >= 0.6 is 39.3 Å². The minimum atomic E-state index is -5.72. The molecule has 12 N–H and O–H groups in total. The minimum absolute atomic E-state index is 0.0309. The molecular formula is C57H86F2N15O32P5. The summed E-state index contributed by atoms with van der Waals surface area (Å²) in [4.78, 5) is 124. The third-order valence-corrected chi connectivity index (χ3v) is 22.7. The first-order valence-corrected chi connectivity index (χ1v) is 41.5. The van der Waals surface area contributed by atoms with Crippen molar-refractivity contribution >= 4 is 79.2 Å². The molecule has 20 unspecified atom stereocenters. The third kappa shape index (κ3) is 23.4. The first-order chi connectivity index (χ1) is 52.7. The van der Waals surface area contributed by atoms with Crippen molar-refractivity contribution in [2.45, 2.75) is 139 Å². The predicted octanol–water partition coefficient (Wildman–Crippen LogP) is 1.22. The zero-order chi connectivity index (χ0) is 80.1. The fourth-order valence-electron chi connectivity index (χ4n) is 11.5. The third-order valence-electron chi connectivity index (χ3n) is 16.9. The number of nitrogens with two attached hydrogens (primary N) is 3. The maximum absolute atomic E-state index is 17.1. The molecule has 0 radical (unpaired) electrons. The van der Waals surface area contributed by atoms with Gasteiger partial charge in [0.15, 0.2) is 47.4 Å². The molecule has 620 valence electrons. The van der Waals surface area contributed by atoms with Gasteiger partial charge >= 0.3 is 50.7 Å². The second-order valence-corrected chi connectivity index (χ2v) is 33.1. The monoisotopic (exact) mass is 1690 g/mol. The number of halogens is 2. The Morgan fingerprint density at radius 1 is 0.586 bits per heavy atom. The number of alkyl halides is 2. The number of aromatic nitrogens is 12. The lowest BCUT2D eigenvalue weighted by Gasteiger charge is -2.26. The average Bonchev–Trinajstić information content (AvgIpc) is 1.63. The smallest absolute Gasteiger partial charge is 0.383 e. The van der Waals surface area contributed by atoms with Crippen LogP contribution < -0.4 is 39.7 Å². The van der Waals surface area contributed by atoms with Gasteiger partial charge in [-0.15, -0.1) is 0 Å². The van der Waals surface area contributed by atoms with Crippen LogP contribution in [0.3, 0.4) is 0 Å². The number of ether oxygens (including phenoxy) is 10. The van der Waals surface area contributed by atoms with Crippen molar-refractivity contribution in [2.24, 2.45) is 5.92 Å². The van der Waals surface area contributed by atoms with Crippen molar-refractivity contribution in [2.75, 3.05) is 123 Å². The fraction of sp³-hybridized carbons (Fsp3) is 0.684. The van der Waals surface area contributed by atoms with Crippen molar-refractivity contribution in [3.8, 4) is 0 Å². The van der Waals surface area contributed by atoms with Crippen LogP contribution in [0.2, 0.25) is 0 Å². The molecule has 0 aliphatic carbocycles. The summed E-state index contributed by atoms with van der Waals surface area (Å²) in [5.74, 6) is -1.66. The summed E-state index contributed by atoms with van der Waals surface area (Å²) in [6.07, 6.45) is -22.2.